The highest BCUT2D eigenvalue weighted by Gasteiger charge is 2.22. The van der Waals surface area contributed by atoms with Crippen LogP contribution in [0.2, 0.25) is 0 Å². The van der Waals surface area contributed by atoms with E-state index in [1.165, 1.54) is 18.6 Å². The van der Waals surface area contributed by atoms with Crippen LogP contribution in [0.1, 0.15) is 80.1 Å². The van der Waals surface area contributed by atoms with E-state index in [0.29, 0.717) is 12.8 Å². The largest absolute Gasteiger partial charge is 0.481 e. The average molecular weight is 409 g/mol. The van der Waals surface area contributed by atoms with Gasteiger partial charge in [0.05, 0.1) is 5.60 Å². The van der Waals surface area contributed by atoms with Crippen molar-refractivity contribution in [3.8, 4) is 0 Å². The Labute approximate surface area is 176 Å². The molecule has 0 aromatic rings. The van der Waals surface area contributed by atoms with Crippen LogP contribution in [-0.4, -0.2) is 33.4 Å². The summed E-state index contributed by atoms with van der Waals surface area (Å²) in [5.41, 5.74) is 0.970. The van der Waals surface area contributed by atoms with Gasteiger partial charge in [-0.05, 0) is 72.8 Å². The molecule has 0 spiro atoms. The van der Waals surface area contributed by atoms with Gasteiger partial charge in [-0.1, -0.05) is 36.0 Å². The number of carbonyl (C=O) groups is 2. The van der Waals surface area contributed by atoms with Crippen molar-refractivity contribution in [2.45, 2.75) is 91.3 Å². The predicted octanol–water partition coefficient (Wildman–Crippen LogP) is 5.76. The summed E-state index contributed by atoms with van der Waals surface area (Å²) in [6, 6.07) is 0. The van der Waals surface area contributed by atoms with Crippen molar-refractivity contribution in [2.24, 2.45) is 0 Å². The zero-order valence-electron chi connectivity index (χ0n) is 19.1. The van der Waals surface area contributed by atoms with Crippen molar-refractivity contribution in [2.75, 3.05) is 0 Å². The van der Waals surface area contributed by atoms with Crippen molar-refractivity contribution >= 4 is 11.9 Å². The number of rotatable bonds is 12. The van der Waals surface area contributed by atoms with Gasteiger partial charge in [-0.15, -0.1) is 6.58 Å². The fourth-order valence-corrected chi connectivity index (χ4v) is 2.29. The van der Waals surface area contributed by atoms with Gasteiger partial charge in [0.2, 0.25) is 0 Å². The normalized spacial score (nSPS) is 14.9. The van der Waals surface area contributed by atoms with Crippen LogP contribution in [0.5, 0.6) is 0 Å². The Hall–Kier alpha value is -2.14. The Morgan fingerprint density at radius 1 is 0.931 bits per heavy atom. The first-order valence-electron chi connectivity index (χ1n) is 9.97. The third-order valence-corrected chi connectivity index (χ3v) is 4.32. The van der Waals surface area contributed by atoms with Gasteiger partial charge < -0.3 is 14.9 Å². The molecule has 0 aromatic heterocycles. The highest BCUT2D eigenvalue weighted by atomic mass is 16.6. The van der Waals surface area contributed by atoms with E-state index >= 15 is 0 Å². The lowest BCUT2D eigenvalue weighted by molar-refractivity contribution is -0.151. The molecule has 0 rings (SSSR count). The molecule has 0 aliphatic rings. The quantitative estimate of drug-likeness (QED) is 0.317. The van der Waals surface area contributed by atoms with E-state index in [4.69, 9.17) is 9.84 Å². The Morgan fingerprint density at radius 2 is 1.48 bits per heavy atom. The Bertz CT molecular complexity index is 594. The molecule has 0 aliphatic heterocycles. The molecular weight excluding hydrogens is 368 g/mol. The van der Waals surface area contributed by atoms with Crippen LogP contribution >= 0.6 is 0 Å². The number of ether oxygens (including phenoxy) is 1. The van der Waals surface area contributed by atoms with Crippen molar-refractivity contribution in [1.29, 1.82) is 0 Å². The number of allylic oxidation sites excluding steroid dienone is 4. The first kappa shape index (κ1) is 29.1. The van der Waals surface area contributed by atoms with Crippen LogP contribution < -0.4 is 0 Å². The second kappa shape index (κ2) is 14.8. The monoisotopic (exact) mass is 408 g/mol. The molecule has 0 heterocycles. The molecule has 5 nitrogen and oxygen atoms in total. The van der Waals surface area contributed by atoms with Crippen LogP contribution in [0.15, 0.2) is 48.6 Å². The van der Waals surface area contributed by atoms with E-state index in [1.54, 1.807) is 13.0 Å². The molecule has 2 unspecified atom stereocenters. The topological polar surface area (TPSA) is 83.8 Å². The van der Waals surface area contributed by atoms with E-state index in [2.05, 4.69) is 33.1 Å². The second-order valence-electron chi connectivity index (χ2n) is 7.97. The molecule has 0 amide bonds. The predicted molar refractivity (Wildman–Crippen MR) is 120 cm³/mol. The summed E-state index contributed by atoms with van der Waals surface area (Å²) >= 11 is 0. The molecule has 29 heavy (non-hydrogen) atoms. The Morgan fingerprint density at radius 3 is 1.90 bits per heavy atom. The summed E-state index contributed by atoms with van der Waals surface area (Å²) in [5, 5.41) is 18.1. The van der Waals surface area contributed by atoms with Crippen LogP contribution in [0.25, 0.3) is 0 Å². The number of aliphatic carboxylic acids is 1. The fourth-order valence-electron chi connectivity index (χ4n) is 2.29. The zero-order chi connectivity index (χ0) is 23.1. The Balaban J connectivity index is 0. The van der Waals surface area contributed by atoms with Gasteiger partial charge in [-0.2, -0.15) is 0 Å². The van der Waals surface area contributed by atoms with Gasteiger partial charge >= 0.3 is 11.9 Å². The molecule has 0 fully saturated rings. The minimum absolute atomic E-state index is 0.167. The van der Waals surface area contributed by atoms with E-state index in [9.17, 15) is 14.7 Å². The van der Waals surface area contributed by atoms with E-state index in [-0.39, 0.29) is 12.4 Å². The summed E-state index contributed by atoms with van der Waals surface area (Å²) in [4.78, 5) is 21.1. The summed E-state index contributed by atoms with van der Waals surface area (Å²) in [5.74, 6) is -1.04. The molecule has 0 saturated heterocycles. The van der Waals surface area contributed by atoms with E-state index in [1.807, 2.05) is 19.9 Å². The molecule has 0 saturated carbocycles. The number of aliphatic hydroxyl groups is 1. The van der Waals surface area contributed by atoms with Gasteiger partial charge in [0, 0.05) is 13.3 Å². The standard InChI is InChI=1S/C12H20O3.C12H20O2/c1-4-12(3,15)9-5-6-10(2)7-8-11(13)14;1-6-12(5,14-11(4)13)9-7-8-10(2)3/h4,6,15H,1,5,7-9H2,2-3H3,(H,13,14);6,8H,1,7,9H2,2-5H3. The number of carboxylic acid groups (broad SMARTS) is 1. The van der Waals surface area contributed by atoms with Gasteiger partial charge in [-0.25, -0.2) is 0 Å². The van der Waals surface area contributed by atoms with Crippen molar-refractivity contribution in [3.05, 3.63) is 48.6 Å². The first-order valence-corrected chi connectivity index (χ1v) is 9.97. The third kappa shape index (κ3) is 19.0. The average Bonchev–Trinajstić information content (AvgIpc) is 2.59. The molecule has 0 aliphatic carbocycles. The molecule has 0 aromatic carbocycles. The molecular formula is C24H40O5. The molecule has 0 bridgehead atoms. The van der Waals surface area contributed by atoms with Gasteiger partial charge in [0.25, 0.3) is 0 Å². The zero-order valence-corrected chi connectivity index (χ0v) is 19.1. The first-order chi connectivity index (χ1) is 13.3. The van der Waals surface area contributed by atoms with Gasteiger partial charge in [0.1, 0.15) is 5.60 Å². The van der Waals surface area contributed by atoms with Crippen LogP contribution in [-0.2, 0) is 14.3 Å². The minimum atomic E-state index is -0.830. The number of hydrogen-bond acceptors (Lipinski definition) is 4. The van der Waals surface area contributed by atoms with Gasteiger partial charge in [-0.3, -0.25) is 9.59 Å². The smallest absolute Gasteiger partial charge is 0.303 e. The van der Waals surface area contributed by atoms with Crippen LogP contribution in [0, 0.1) is 0 Å². The Kier molecular flexibility index (Phi) is 14.8. The summed E-state index contributed by atoms with van der Waals surface area (Å²) in [6.45, 7) is 18.2. The van der Waals surface area contributed by atoms with Crippen molar-refractivity contribution < 1.29 is 24.5 Å². The van der Waals surface area contributed by atoms with Crippen LogP contribution in [0.3, 0.4) is 0 Å². The van der Waals surface area contributed by atoms with Gasteiger partial charge in [0.15, 0.2) is 0 Å². The number of esters is 1. The summed E-state index contributed by atoms with van der Waals surface area (Å²) in [7, 11) is 0. The molecule has 5 heteroatoms. The highest BCUT2D eigenvalue weighted by Crippen LogP contribution is 2.20. The number of carboxylic acids is 1. The maximum Gasteiger partial charge on any atom is 0.303 e. The van der Waals surface area contributed by atoms with Crippen molar-refractivity contribution in [1.82, 2.24) is 0 Å². The number of carbonyl (C=O) groups excluding carboxylic acids is 1. The van der Waals surface area contributed by atoms with E-state index < -0.39 is 17.2 Å². The molecule has 0 radical (unpaired) electrons. The molecule has 166 valence electrons. The molecule has 2 atom stereocenters. The second-order valence-corrected chi connectivity index (χ2v) is 7.97. The lowest BCUT2D eigenvalue weighted by Crippen LogP contribution is -2.27. The van der Waals surface area contributed by atoms with E-state index in [0.717, 1.165) is 24.8 Å². The maximum absolute atomic E-state index is 10.8. The summed E-state index contributed by atoms with van der Waals surface area (Å²) < 4.78 is 5.18. The highest BCUT2D eigenvalue weighted by molar-refractivity contribution is 5.67. The van der Waals surface area contributed by atoms with Crippen molar-refractivity contribution in [3.63, 3.8) is 0 Å². The fraction of sp³-hybridized carbons (Fsp3) is 0.583. The summed E-state index contributed by atoms with van der Waals surface area (Å²) in [6.07, 6.45) is 11.1. The number of hydrogen-bond donors (Lipinski definition) is 2. The van der Waals surface area contributed by atoms with Crippen LogP contribution in [0.4, 0.5) is 0 Å². The lowest BCUT2D eigenvalue weighted by Gasteiger charge is -2.24. The minimum Gasteiger partial charge on any atom is -0.481 e. The molecule has 2 N–H and O–H groups in total. The third-order valence-electron chi connectivity index (χ3n) is 4.32. The maximum atomic E-state index is 10.8. The SMILES string of the molecule is C=CC(C)(CCC=C(C)C)OC(C)=O.C=CC(C)(O)CCC=C(C)CCC(=O)O. The lowest BCUT2D eigenvalue weighted by atomic mass is 9.99.